The molecule has 5 heteroatoms. The molecule has 1 aliphatic heterocycles. The number of amides is 2. The van der Waals surface area contributed by atoms with E-state index in [0.717, 1.165) is 51.3 Å². The molecule has 5 nitrogen and oxygen atoms in total. The molecular formula is C17H28N4O. The Morgan fingerprint density at radius 1 is 1.09 bits per heavy atom. The van der Waals surface area contributed by atoms with Gasteiger partial charge in [0.2, 0.25) is 0 Å². The fraction of sp³-hybridized carbons (Fsp3) is 0.588. The average molecular weight is 304 g/mol. The van der Waals surface area contributed by atoms with Gasteiger partial charge in [0.15, 0.2) is 0 Å². The zero-order valence-corrected chi connectivity index (χ0v) is 13.8. The lowest BCUT2D eigenvalue weighted by Gasteiger charge is -2.32. The summed E-state index contributed by atoms with van der Waals surface area (Å²) in [5.74, 6) is 0. The van der Waals surface area contributed by atoms with Gasteiger partial charge < -0.3 is 20.4 Å². The Labute approximate surface area is 133 Å². The number of benzene rings is 1. The highest BCUT2D eigenvalue weighted by Crippen LogP contribution is 2.02. The van der Waals surface area contributed by atoms with E-state index in [2.05, 4.69) is 46.5 Å². The summed E-state index contributed by atoms with van der Waals surface area (Å²) >= 11 is 0. The Kier molecular flexibility index (Phi) is 6.68. The summed E-state index contributed by atoms with van der Waals surface area (Å²) < 4.78 is 0. The number of piperazine rings is 1. The lowest BCUT2D eigenvalue weighted by Crippen LogP contribution is -2.45. The van der Waals surface area contributed by atoms with Crippen molar-refractivity contribution in [3.05, 3.63) is 35.4 Å². The number of likely N-dealkylation sites (N-methyl/N-ethyl adjacent to an activating group) is 1. The number of urea groups is 1. The molecule has 0 aliphatic carbocycles. The molecule has 0 aromatic heterocycles. The molecule has 1 aromatic rings. The molecule has 2 rings (SSSR count). The minimum absolute atomic E-state index is 0.0843. The molecule has 0 spiro atoms. The van der Waals surface area contributed by atoms with Crippen LogP contribution < -0.4 is 10.6 Å². The fourth-order valence-corrected chi connectivity index (χ4v) is 2.53. The lowest BCUT2D eigenvalue weighted by atomic mass is 10.1. The molecule has 1 fully saturated rings. The van der Waals surface area contributed by atoms with E-state index in [4.69, 9.17) is 0 Å². The largest absolute Gasteiger partial charge is 0.338 e. The van der Waals surface area contributed by atoms with Crippen molar-refractivity contribution in [2.24, 2.45) is 0 Å². The molecule has 0 radical (unpaired) electrons. The van der Waals surface area contributed by atoms with Gasteiger partial charge in [0.05, 0.1) is 0 Å². The van der Waals surface area contributed by atoms with Gasteiger partial charge in [0.25, 0.3) is 0 Å². The van der Waals surface area contributed by atoms with Crippen LogP contribution in [0.3, 0.4) is 0 Å². The Hall–Kier alpha value is -1.59. The molecule has 0 bridgehead atoms. The number of carbonyl (C=O) groups is 1. The number of hydrogen-bond donors (Lipinski definition) is 2. The minimum atomic E-state index is -0.0843. The molecule has 2 N–H and O–H groups in total. The van der Waals surface area contributed by atoms with Crippen molar-refractivity contribution in [2.45, 2.75) is 19.9 Å². The zero-order valence-electron chi connectivity index (χ0n) is 13.8. The highest BCUT2D eigenvalue weighted by atomic mass is 16.2. The molecule has 0 atom stereocenters. The first-order valence-corrected chi connectivity index (χ1v) is 8.11. The van der Waals surface area contributed by atoms with Crippen LogP contribution in [0.25, 0.3) is 0 Å². The van der Waals surface area contributed by atoms with Crippen molar-refractivity contribution in [3.63, 3.8) is 0 Å². The van der Waals surface area contributed by atoms with Gasteiger partial charge in [-0.15, -0.1) is 0 Å². The minimum Gasteiger partial charge on any atom is -0.338 e. The summed E-state index contributed by atoms with van der Waals surface area (Å²) in [5.41, 5.74) is 2.36. The van der Waals surface area contributed by atoms with Crippen LogP contribution in [0.15, 0.2) is 24.3 Å². The Morgan fingerprint density at radius 2 is 1.77 bits per heavy atom. The van der Waals surface area contributed by atoms with Crippen molar-refractivity contribution >= 4 is 6.03 Å². The third-order valence-electron chi connectivity index (χ3n) is 4.11. The fourth-order valence-electron chi connectivity index (χ4n) is 2.53. The third-order valence-corrected chi connectivity index (χ3v) is 4.11. The van der Waals surface area contributed by atoms with Gasteiger partial charge in [-0.05, 0) is 32.5 Å². The average Bonchev–Trinajstić information content (AvgIpc) is 2.53. The van der Waals surface area contributed by atoms with E-state index in [1.54, 1.807) is 0 Å². The summed E-state index contributed by atoms with van der Waals surface area (Å²) in [6, 6.07) is 8.13. The number of carbonyl (C=O) groups excluding carboxylic acids is 1. The first kappa shape index (κ1) is 16.8. The molecule has 22 heavy (non-hydrogen) atoms. The third kappa shape index (κ3) is 6.03. The SMILES string of the molecule is Cc1ccc(CNC(=O)NCCCN2CCN(C)CC2)cc1. The van der Waals surface area contributed by atoms with Gasteiger partial charge in [-0.1, -0.05) is 29.8 Å². The van der Waals surface area contributed by atoms with E-state index in [0.29, 0.717) is 6.54 Å². The van der Waals surface area contributed by atoms with Gasteiger partial charge >= 0.3 is 6.03 Å². The van der Waals surface area contributed by atoms with Crippen molar-refractivity contribution < 1.29 is 4.79 Å². The molecule has 2 amide bonds. The van der Waals surface area contributed by atoms with Gasteiger partial charge in [-0.25, -0.2) is 4.79 Å². The van der Waals surface area contributed by atoms with E-state index in [9.17, 15) is 4.79 Å². The predicted octanol–water partition coefficient (Wildman–Crippen LogP) is 1.43. The van der Waals surface area contributed by atoms with Gasteiger partial charge in [0.1, 0.15) is 0 Å². The standard InChI is InChI=1S/C17H28N4O/c1-15-4-6-16(7-5-15)14-19-17(22)18-8-3-9-21-12-10-20(2)11-13-21/h4-7H,3,8-14H2,1-2H3,(H2,18,19,22). The molecule has 1 saturated heterocycles. The van der Waals surface area contributed by atoms with Crippen molar-refractivity contribution in [1.82, 2.24) is 20.4 Å². The van der Waals surface area contributed by atoms with Gasteiger partial charge in [0, 0.05) is 39.3 Å². The summed E-state index contributed by atoms with van der Waals surface area (Å²) in [6.45, 7) is 8.98. The second-order valence-electron chi connectivity index (χ2n) is 6.09. The van der Waals surface area contributed by atoms with Crippen LogP contribution in [0, 0.1) is 6.92 Å². The summed E-state index contributed by atoms with van der Waals surface area (Å²) in [6.07, 6.45) is 1.00. The number of aryl methyl sites for hydroxylation is 1. The van der Waals surface area contributed by atoms with Crippen LogP contribution in [0.5, 0.6) is 0 Å². The van der Waals surface area contributed by atoms with E-state index in [1.165, 1.54) is 5.56 Å². The Morgan fingerprint density at radius 3 is 2.45 bits per heavy atom. The number of nitrogens with one attached hydrogen (secondary N) is 2. The number of hydrogen-bond acceptors (Lipinski definition) is 3. The molecule has 0 saturated carbocycles. The highest BCUT2D eigenvalue weighted by Gasteiger charge is 2.12. The van der Waals surface area contributed by atoms with Crippen molar-refractivity contribution in [3.8, 4) is 0 Å². The normalized spacial score (nSPS) is 16.5. The van der Waals surface area contributed by atoms with E-state index >= 15 is 0 Å². The monoisotopic (exact) mass is 304 g/mol. The second-order valence-corrected chi connectivity index (χ2v) is 6.09. The molecule has 0 unspecified atom stereocenters. The molecule has 1 heterocycles. The van der Waals surface area contributed by atoms with E-state index < -0.39 is 0 Å². The molecule has 122 valence electrons. The van der Waals surface area contributed by atoms with Crippen LogP contribution in [-0.2, 0) is 6.54 Å². The number of nitrogens with zero attached hydrogens (tertiary/aromatic N) is 2. The van der Waals surface area contributed by atoms with Gasteiger partial charge in [-0.3, -0.25) is 0 Å². The first-order chi connectivity index (χ1) is 10.6. The van der Waals surface area contributed by atoms with Gasteiger partial charge in [-0.2, -0.15) is 0 Å². The maximum absolute atomic E-state index is 11.7. The second kappa shape index (κ2) is 8.76. The van der Waals surface area contributed by atoms with E-state index in [-0.39, 0.29) is 6.03 Å². The van der Waals surface area contributed by atoms with Crippen LogP contribution in [-0.4, -0.2) is 62.1 Å². The highest BCUT2D eigenvalue weighted by molar-refractivity contribution is 5.73. The summed E-state index contributed by atoms with van der Waals surface area (Å²) in [5, 5.41) is 5.82. The van der Waals surface area contributed by atoms with Crippen LogP contribution in [0.1, 0.15) is 17.5 Å². The van der Waals surface area contributed by atoms with Crippen molar-refractivity contribution in [1.29, 1.82) is 0 Å². The van der Waals surface area contributed by atoms with Crippen molar-refractivity contribution in [2.75, 3.05) is 46.3 Å². The van der Waals surface area contributed by atoms with Crippen LogP contribution in [0.2, 0.25) is 0 Å². The quantitative estimate of drug-likeness (QED) is 0.782. The maximum Gasteiger partial charge on any atom is 0.315 e. The zero-order chi connectivity index (χ0) is 15.8. The summed E-state index contributed by atoms with van der Waals surface area (Å²) in [7, 11) is 2.16. The van der Waals surface area contributed by atoms with Crippen LogP contribution in [0.4, 0.5) is 4.79 Å². The first-order valence-electron chi connectivity index (χ1n) is 8.11. The topological polar surface area (TPSA) is 47.6 Å². The van der Waals surface area contributed by atoms with Crippen LogP contribution >= 0.6 is 0 Å². The maximum atomic E-state index is 11.7. The molecule has 1 aromatic carbocycles. The van der Waals surface area contributed by atoms with E-state index in [1.807, 2.05) is 12.1 Å². The smallest absolute Gasteiger partial charge is 0.315 e. The predicted molar refractivity (Wildman–Crippen MR) is 90.0 cm³/mol. The Balaban J connectivity index is 1.53. The Bertz CT molecular complexity index is 452. The molecule has 1 aliphatic rings. The lowest BCUT2D eigenvalue weighted by molar-refractivity contribution is 0.153. The molecular weight excluding hydrogens is 276 g/mol. The number of rotatable bonds is 6. The summed E-state index contributed by atoms with van der Waals surface area (Å²) in [4.78, 5) is 16.6.